The monoisotopic (exact) mass is 277 g/mol. The van der Waals surface area contributed by atoms with Crippen LogP contribution < -0.4 is 5.73 Å². The van der Waals surface area contributed by atoms with E-state index in [0.29, 0.717) is 5.92 Å². The summed E-state index contributed by atoms with van der Waals surface area (Å²) in [5.74, 6) is 1.51. The zero-order valence-corrected chi connectivity index (χ0v) is 11.7. The Balaban J connectivity index is 1.64. The first-order chi connectivity index (χ1) is 9.35. The Kier molecular flexibility index (Phi) is 3.96. The summed E-state index contributed by atoms with van der Waals surface area (Å²) in [6.45, 7) is 3.87. The molecule has 1 saturated heterocycles. The Morgan fingerprint density at radius 2 is 2.47 bits per heavy atom. The maximum Gasteiger partial charge on any atom is 0.177 e. The summed E-state index contributed by atoms with van der Waals surface area (Å²) in [7, 11) is 0. The molecule has 0 radical (unpaired) electrons. The van der Waals surface area contributed by atoms with Gasteiger partial charge in [0.1, 0.15) is 0 Å². The molecule has 1 aliphatic heterocycles. The molecule has 1 unspecified atom stereocenters. The second kappa shape index (κ2) is 5.86. The zero-order valence-electron chi connectivity index (χ0n) is 10.9. The van der Waals surface area contributed by atoms with Crippen LogP contribution in [0.5, 0.6) is 0 Å². The van der Waals surface area contributed by atoms with Gasteiger partial charge in [0.05, 0.1) is 10.6 Å². The lowest BCUT2D eigenvalue weighted by atomic mass is 9.98. The summed E-state index contributed by atoms with van der Waals surface area (Å²) in [6.07, 6.45) is 2.49. The van der Waals surface area contributed by atoms with Crippen molar-refractivity contribution in [2.24, 2.45) is 11.7 Å². The fourth-order valence-corrected chi connectivity index (χ4v) is 3.31. The summed E-state index contributed by atoms with van der Waals surface area (Å²) < 4.78 is 5.41. The average molecular weight is 277 g/mol. The number of thiophene rings is 1. The number of aromatic nitrogens is 1. The lowest BCUT2D eigenvalue weighted by Gasteiger charge is -2.31. The molecule has 0 aliphatic carbocycles. The van der Waals surface area contributed by atoms with Gasteiger partial charge >= 0.3 is 0 Å². The van der Waals surface area contributed by atoms with Crippen LogP contribution in [0.2, 0.25) is 0 Å². The largest absolute Gasteiger partial charge is 0.355 e. The van der Waals surface area contributed by atoms with Gasteiger partial charge in [-0.1, -0.05) is 11.2 Å². The molecule has 0 spiro atoms. The Labute approximate surface area is 117 Å². The minimum Gasteiger partial charge on any atom is -0.355 e. The fraction of sp³-hybridized carbons (Fsp3) is 0.500. The van der Waals surface area contributed by atoms with E-state index < -0.39 is 0 Å². The summed E-state index contributed by atoms with van der Waals surface area (Å²) in [5.41, 5.74) is 6.78. The van der Waals surface area contributed by atoms with Crippen molar-refractivity contribution in [1.82, 2.24) is 10.1 Å². The molecule has 102 valence electrons. The third kappa shape index (κ3) is 3.05. The molecule has 0 saturated carbocycles. The highest BCUT2D eigenvalue weighted by atomic mass is 32.1. The van der Waals surface area contributed by atoms with Crippen molar-refractivity contribution in [2.45, 2.75) is 19.4 Å². The lowest BCUT2D eigenvalue weighted by molar-refractivity contribution is 0.167. The van der Waals surface area contributed by atoms with Crippen molar-refractivity contribution in [1.29, 1.82) is 0 Å². The van der Waals surface area contributed by atoms with Crippen LogP contribution >= 0.6 is 11.3 Å². The van der Waals surface area contributed by atoms with Gasteiger partial charge in [-0.15, -0.1) is 11.3 Å². The van der Waals surface area contributed by atoms with Crippen LogP contribution in [0, 0.1) is 5.92 Å². The third-order valence-electron chi connectivity index (χ3n) is 3.65. The first kappa shape index (κ1) is 12.8. The Morgan fingerprint density at radius 3 is 3.26 bits per heavy atom. The molecule has 4 nitrogen and oxygen atoms in total. The van der Waals surface area contributed by atoms with Crippen LogP contribution in [0.3, 0.4) is 0 Å². The van der Waals surface area contributed by atoms with Crippen LogP contribution in [0.4, 0.5) is 0 Å². The van der Waals surface area contributed by atoms with E-state index in [1.54, 1.807) is 11.3 Å². The molecule has 2 N–H and O–H groups in total. The van der Waals surface area contributed by atoms with Gasteiger partial charge in [-0.3, -0.25) is 4.90 Å². The quantitative estimate of drug-likeness (QED) is 0.933. The SMILES string of the molecule is NCC1CCCN(Cc2cc(-c3cccs3)on2)C1. The number of hydrogen-bond donors (Lipinski definition) is 1. The molecule has 1 fully saturated rings. The molecule has 3 heterocycles. The van der Waals surface area contributed by atoms with E-state index in [4.69, 9.17) is 10.3 Å². The van der Waals surface area contributed by atoms with Crippen LogP contribution in [-0.2, 0) is 6.54 Å². The minimum absolute atomic E-state index is 0.636. The summed E-state index contributed by atoms with van der Waals surface area (Å²) in [4.78, 5) is 3.56. The van der Waals surface area contributed by atoms with Gasteiger partial charge in [0.25, 0.3) is 0 Å². The van der Waals surface area contributed by atoms with Gasteiger partial charge in [0, 0.05) is 19.2 Å². The number of likely N-dealkylation sites (tertiary alicyclic amines) is 1. The van der Waals surface area contributed by atoms with Crippen molar-refractivity contribution < 1.29 is 4.52 Å². The maximum atomic E-state index is 5.77. The molecular formula is C14H19N3OS. The van der Waals surface area contributed by atoms with Crippen molar-refractivity contribution >= 4 is 11.3 Å². The molecule has 5 heteroatoms. The van der Waals surface area contributed by atoms with Gasteiger partial charge in [-0.25, -0.2) is 0 Å². The number of hydrogen-bond acceptors (Lipinski definition) is 5. The standard InChI is InChI=1S/C14H19N3OS/c15-8-11-3-1-5-17(9-11)10-12-7-13(18-16-12)14-4-2-6-19-14/h2,4,6-7,11H,1,3,5,8-10,15H2. The molecule has 0 aromatic carbocycles. The van der Waals surface area contributed by atoms with Crippen LogP contribution in [0.25, 0.3) is 10.6 Å². The molecule has 2 aromatic heterocycles. The van der Waals surface area contributed by atoms with E-state index in [0.717, 1.165) is 42.5 Å². The summed E-state index contributed by atoms with van der Waals surface area (Å²) >= 11 is 1.68. The van der Waals surface area contributed by atoms with Gasteiger partial charge in [-0.05, 0) is 43.3 Å². The van der Waals surface area contributed by atoms with Crippen LogP contribution in [0.15, 0.2) is 28.1 Å². The van der Waals surface area contributed by atoms with E-state index >= 15 is 0 Å². The third-order valence-corrected chi connectivity index (χ3v) is 4.53. The zero-order chi connectivity index (χ0) is 13.1. The second-order valence-electron chi connectivity index (χ2n) is 5.14. The highest BCUT2D eigenvalue weighted by molar-refractivity contribution is 7.13. The molecule has 1 atom stereocenters. The molecule has 1 aliphatic rings. The van der Waals surface area contributed by atoms with E-state index in [1.807, 2.05) is 11.4 Å². The fourth-order valence-electron chi connectivity index (χ4n) is 2.64. The van der Waals surface area contributed by atoms with Crippen molar-refractivity contribution in [3.8, 4) is 10.6 Å². The molecule has 2 aromatic rings. The maximum absolute atomic E-state index is 5.77. The second-order valence-corrected chi connectivity index (χ2v) is 6.09. The predicted molar refractivity (Wildman–Crippen MR) is 76.9 cm³/mol. The highest BCUT2D eigenvalue weighted by Crippen LogP contribution is 2.26. The number of nitrogens with two attached hydrogens (primary N) is 1. The van der Waals surface area contributed by atoms with Gasteiger partial charge in [0.2, 0.25) is 0 Å². The summed E-state index contributed by atoms with van der Waals surface area (Å²) in [6, 6.07) is 6.14. The Morgan fingerprint density at radius 1 is 1.53 bits per heavy atom. The number of piperidine rings is 1. The first-order valence-electron chi connectivity index (χ1n) is 6.77. The molecule has 0 bridgehead atoms. The topological polar surface area (TPSA) is 55.3 Å². The number of nitrogens with zero attached hydrogens (tertiary/aromatic N) is 2. The van der Waals surface area contributed by atoms with E-state index in [1.165, 1.54) is 12.8 Å². The lowest BCUT2D eigenvalue weighted by Crippen LogP contribution is -2.37. The minimum atomic E-state index is 0.636. The number of rotatable bonds is 4. The molecule has 19 heavy (non-hydrogen) atoms. The van der Waals surface area contributed by atoms with Crippen LogP contribution in [-0.4, -0.2) is 29.7 Å². The molecule has 3 rings (SSSR count). The van der Waals surface area contributed by atoms with E-state index in [2.05, 4.69) is 22.2 Å². The van der Waals surface area contributed by atoms with Crippen molar-refractivity contribution in [3.63, 3.8) is 0 Å². The predicted octanol–water partition coefficient (Wildman–Crippen LogP) is 2.57. The van der Waals surface area contributed by atoms with Gasteiger partial charge < -0.3 is 10.3 Å². The smallest absolute Gasteiger partial charge is 0.177 e. The highest BCUT2D eigenvalue weighted by Gasteiger charge is 2.20. The molecule has 0 amide bonds. The van der Waals surface area contributed by atoms with Gasteiger partial charge in [-0.2, -0.15) is 0 Å². The van der Waals surface area contributed by atoms with Gasteiger partial charge in [0.15, 0.2) is 5.76 Å². The normalized spacial score (nSPS) is 20.8. The first-order valence-corrected chi connectivity index (χ1v) is 7.65. The van der Waals surface area contributed by atoms with E-state index in [9.17, 15) is 0 Å². The summed E-state index contributed by atoms with van der Waals surface area (Å²) in [5, 5.41) is 6.23. The Bertz CT molecular complexity index is 509. The Hall–Kier alpha value is -1.17. The molecular weight excluding hydrogens is 258 g/mol. The van der Waals surface area contributed by atoms with E-state index in [-0.39, 0.29) is 0 Å². The van der Waals surface area contributed by atoms with Crippen LogP contribution in [0.1, 0.15) is 18.5 Å². The van der Waals surface area contributed by atoms with Crippen molar-refractivity contribution in [2.75, 3.05) is 19.6 Å². The van der Waals surface area contributed by atoms with Crippen molar-refractivity contribution in [3.05, 3.63) is 29.3 Å². The average Bonchev–Trinajstić information content (AvgIpc) is 3.09.